The number of hydrogen-bond acceptors (Lipinski definition) is 2. The van der Waals surface area contributed by atoms with Crippen LogP contribution >= 0.6 is 11.6 Å². The number of benzene rings is 2. The average Bonchev–Trinajstić information content (AvgIpc) is 2.43. The third-order valence-corrected chi connectivity index (χ3v) is 3.66. The number of rotatable bonds is 3. The standard InChI is InChI=1S/C16H15ClO2/c1-10-7-14(19-3)16(17)11(2)15(10)13-6-4-5-12(8-13)9-18/h4-9H,1-3H3. The van der Waals surface area contributed by atoms with Crippen molar-refractivity contribution in [1.29, 1.82) is 0 Å². The van der Waals surface area contributed by atoms with Gasteiger partial charge in [-0.25, -0.2) is 0 Å². The molecule has 2 aromatic rings. The fourth-order valence-corrected chi connectivity index (χ4v) is 2.51. The topological polar surface area (TPSA) is 26.3 Å². The maximum atomic E-state index is 10.9. The van der Waals surface area contributed by atoms with Crippen molar-refractivity contribution < 1.29 is 9.53 Å². The SMILES string of the molecule is COc1cc(C)c(-c2cccc(C=O)c2)c(C)c1Cl. The van der Waals surface area contributed by atoms with Crippen LogP contribution in [0.3, 0.4) is 0 Å². The van der Waals surface area contributed by atoms with E-state index >= 15 is 0 Å². The Morgan fingerprint density at radius 1 is 1.21 bits per heavy atom. The zero-order valence-electron chi connectivity index (χ0n) is 11.2. The predicted molar refractivity (Wildman–Crippen MR) is 78.3 cm³/mol. The van der Waals surface area contributed by atoms with Gasteiger partial charge in [0.2, 0.25) is 0 Å². The molecule has 0 heterocycles. The lowest BCUT2D eigenvalue weighted by atomic mass is 9.94. The largest absolute Gasteiger partial charge is 0.495 e. The number of carbonyl (C=O) groups is 1. The minimum absolute atomic E-state index is 0.611. The molecule has 3 heteroatoms. The summed E-state index contributed by atoms with van der Waals surface area (Å²) in [5.41, 5.74) is 4.73. The van der Waals surface area contributed by atoms with Gasteiger partial charge >= 0.3 is 0 Å². The van der Waals surface area contributed by atoms with Crippen molar-refractivity contribution in [3.63, 3.8) is 0 Å². The molecule has 0 aliphatic rings. The first-order valence-corrected chi connectivity index (χ1v) is 6.35. The first-order valence-electron chi connectivity index (χ1n) is 5.97. The van der Waals surface area contributed by atoms with E-state index in [4.69, 9.17) is 16.3 Å². The van der Waals surface area contributed by atoms with Crippen LogP contribution in [0.1, 0.15) is 21.5 Å². The molecule has 0 N–H and O–H groups in total. The van der Waals surface area contributed by atoms with Crippen LogP contribution < -0.4 is 4.74 Å². The van der Waals surface area contributed by atoms with Crippen LogP contribution in [0.2, 0.25) is 5.02 Å². The fraction of sp³-hybridized carbons (Fsp3) is 0.188. The molecule has 0 spiro atoms. The highest BCUT2D eigenvalue weighted by molar-refractivity contribution is 6.33. The second kappa shape index (κ2) is 5.45. The highest BCUT2D eigenvalue weighted by atomic mass is 35.5. The molecule has 19 heavy (non-hydrogen) atoms. The van der Waals surface area contributed by atoms with Gasteiger partial charge in [0.15, 0.2) is 0 Å². The summed E-state index contributed by atoms with van der Waals surface area (Å²) in [5.74, 6) is 0.673. The normalized spacial score (nSPS) is 10.3. The van der Waals surface area contributed by atoms with Crippen LogP contribution in [0.5, 0.6) is 5.75 Å². The second-order valence-electron chi connectivity index (χ2n) is 4.45. The van der Waals surface area contributed by atoms with Crippen LogP contribution in [-0.4, -0.2) is 13.4 Å². The summed E-state index contributed by atoms with van der Waals surface area (Å²) in [6, 6.07) is 9.41. The Bertz CT molecular complexity index is 633. The maximum Gasteiger partial charge on any atom is 0.150 e. The third kappa shape index (κ3) is 2.49. The fourth-order valence-electron chi connectivity index (χ4n) is 2.28. The van der Waals surface area contributed by atoms with E-state index in [9.17, 15) is 4.79 Å². The minimum atomic E-state index is 0.611. The van der Waals surface area contributed by atoms with Crippen molar-refractivity contribution >= 4 is 17.9 Å². The number of aldehydes is 1. The van der Waals surface area contributed by atoms with Gasteiger partial charge in [0.05, 0.1) is 12.1 Å². The Hall–Kier alpha value is -1.80. The molecular weight excluding hydrogens is 260 g/mol. The van der Waals surface area contributed by atoms with E-state index in [2.05, 4.69) is 0 Å². The molecule has 0 radical (unpaired) electrons. The van der Waals surface area contributed by atoms with Crippen LogP contribution in [-0.2, 0) is 0 Å². The summed E-state index contributed by atoms with van der Waals surface area (Å²) in [4.78, 5) is 10.9. The number of ether oxygens (including phenoxy) is 1. The Morgan fingerprint density at radius 3 is 2.58 bits per heavy atom. The van der Waals surface area contributed by atoms with E-state index in [1.807, 2.05) is 38.1 Å². The molecule has 0 saturated heterocycles. The quantitative estimate of drug-likeness (QED) is 0.773. The predicted octanol–water partition coefficient (Wildman–Crippen LogP) is 4.44. The highest BCUT2D eigenvalue weighted by Crippen LogP contribution is 2.38. The van der Waals surface area contributed by atoms with Gasteiger partial charge in [0, 0.05) is 5.56 Å². The molecule has 0 aromatic heterocycles. The monoisotopic (exact) mass is 274 g/mol. The third-order valence-electron chi connectivity index (χ3n) is 3.19. The summed E-state index contributed by atoms with van der Waals surface area (Å²) >= 11 is 6.30. The van der Waals surface area contributed by atoms with E-state index in [0.717, 1.165) is 28.5 Å². The van der Waals surface area contributed by atoms with Crippen molar-refractivity contribution in [1.82, 2.24) is 0 Å². The van der Waals surface area contributed by atoms with Crippen LogP contribution in [0.15, 0.2) is 30.3 Å². The van der Waals surface area contributed by atoms with Gasteiger partial charge in [-0.05, 0) is 48.2 Å². The summed E-state index contributed by atoms with van der Waals surface area (Å²) in [6.45, 7) is 3.97. The van der Waals surface area contributed by atoms with Crippen molar-refractivity contribution in [2.24, 2.45) is 0 Å². The van der Waals surface area contributed by atoms with E-state index in [1.165, 1.54) is 0 Å². The van der Waals surface area contributed by atoms with Crippen LogP contribution in [0.25, 0.3) is 11.1 Å². The Labute approximate surface area is 118 Å². The zero-order valence-corrected chi connectivity index (χ0v) is 11.9. The molecule has 2 nitrogen and oxygen atoms in total. The number of methoxy groups -OCH3 is 1. The lowest BCUT2D eigenvalue weighted by Gasteiger charge is -2.15. The van der Waals surface area contributed by atoms with Gasteiger partial charge in [-0.3, -0.25) is 4.79 Å². The molecule has 0 bridgehead atoms. The van der Waals surface area contributed by atoms with Gasteiger partial charge in [-0.2, -0.15) is 0 Å². The lowest BCUT2D eigenvalue weighted by molar-refractivity contribution is 0.112. The number of aryl methyl sites for hydroxylation is 1. The Kier molecular flexibility index (Phi) is 3.91. The summed E-state index contributed by atoms with van der Waals surface area (Å²) < 4.78 is 5.25. The molecule has 2 aromatic carbocycles. The minimum Gasteiger partial charge on any atom is -0.495 e. The maximum absolute atomic E-state index is 10.9. The van der Waals surface area contributed by atoms with Gasteiger partial charge in [-0.1, -0.05) is 29.8 Å². The van der Waals surface area contributed by atoms with E-state index in [1.54, 1.807) is 13.2 Å². The summed E-state index contributed by atoms with van der Waals surface area (Å²) in [5, 5.41) is 0.611. The van der Waals surface area contributed by atoms with Gasteiger partial charge < -0.3 is 4.74 Å². The molecule has 0 atom stereocenters. The van der Waals surface area contributed by atoms with Crippen molar-refractivity contribution in [3.8, 4) is 16.9 Å². The number of carbonyl (C=O) groups excluding carboxylic acids is 1. The van der Waals surface area contributed by atoms with E-state index < -0.39 is 0 Å². The first kappa shape index (κ1) is 13.6. The lowest BCUT2D eigenvalue weighted by Crippen LogP contribution is -1.94. The molecule has 98 valence electrons. The van der Waals surface area contributed by atoms with Gasteiger partial charge in [0.25, 0.3) is 0 Å². The van der Waals surface area contributed by atoms with Crippen LogP contribution in [0, 0.1) is 13.8 Å². The van der Waals surface area contributed by atoms with Gasteiger partial charge in [-0.15, -0.1) is 0 Å². The van der Waals surface area contributed by atoms with Gasteiger partial charge in [0.1, 0.15) is 12.0 Å². The zero-order chi connectivity index (χ0) is 14.0. The molecule has 0 aliphatic heterocycles. The number of hydrogen-bond donors (Lipinski definition) is 0. The van der Waals surface area contributed by atoms with Crippen molar-refractivity contribution in [2.75, 3.05) is 7.11 Å². The molecule has 2 rings (SSSR count). The molecule has 0 aliphatic carbocycles. The molecule has 0 fully saturated rings. The molecule has 0 unspecified atom stereocenters. The number of halogens is 1. The summed E-state index contributed by atoms with van der Waals surface area (Å²) in [6.07, 6.45) is 0.847. The van der Waals surface area contributed by atoms with Crippen molar-refractivity contribution in [3.05, 3.63) is 52.0 Å². The van der Waals surface area contributed by atoms with E-state index in [-0.39, 0.29) is 0 Å². The van der Waals surface area contributed by atoms with Crippen LogP contribution in [0.4, 0.5) is 0 Å². The second-order valence-corrected chi connectivity index (χ2v) is 4.83. The smallest absolute Gasteiger partial charge is 0.150 e. The molecule has 0 amide bonds. The Morgan fingerprint density at radius 2 is 1.95 bits per heavy atom. The first-order chi connectivity index (χ1) is 9.08. The Balaban J connectivity index is 2.68. The average molecular weight is 275 g/mol. The summed E-state index contributed by atoms with van der Waals surface area (Å²) in [7, 11) is 1.60. The highest BCUT2D eigenvalue weighted by Gasteiger charge is 2.13. The van der Waals surface area contributed by atoms with E-state index in [0.29, 0.717) is 16.3 Å². The molecule has 0 saturated carbocycles. The van der Waals surface area contributed by atoms with Crippen molar-refractivity contribution in [2.45, 2.75) is 13.8 Å². The molecular formula is C16H15ClO2.